The van der Waals surface area contributed by atoms with E-state index in [0.29, 0.717) is 16.7 Å². The summed E-state index contributed by atoms with van der Waals surface area (Å²) in [5.41, 5.74) is 0.676. The van der Waals surface area contributed by atoms with Crippen molar-refractivity contribution in [2.24, 2.45) is 16.7 Å². The van der Waals surface area contributed by atoms with E-state index >= 15 is 0 Å². The lowest BCUT2D eigenvalue weighted by Crippen LogP contribution is -2.34. The van der Waals surface area contributed by atoms with Gasteiger partial charge >= 0.3 is 0 Å². The van der Waals surface area contributed by atoms with Crippen molar-refractivity contribution >= 4 is 0 Å². The van der Waals surface area contributed by atoms with Gasteiger partial charge in [0.05, 0.1) is 0 Å². The molecule has 1 unspecified atom stereocenters. The molecule has 0 nitrogen and oxygen atoms in total. The van der Waals surface area contributed by atoms with Crippen LogP contribution in [0.5, 0.6) is 0 Å². The van der Waals surface area contributed by atoms with Crippen molar-refractivity contribution in [3.63, 3.8) is 0 Å². The summed E-state index contributed by atoms with van der Waals surface area (Å²) in [4.78, 5) is 0. The standard InChI is InChI=1S/C11H22/c1-8-9(2)11(6,7)10(3,4)5/h8-9H,1H2,2-7H3. The summed E-state index contributed by atoms with van der Waals surface area (Å²) in [5.74, 6) is 0.572. The smallest absolute Gasteiger partial charge is 0.0208 e. The van der Waals surface area contributed by atoms with Crippen molar-refractivity contribution in [3.8, 4) is 0 Å². The number of hydrogen-bond donors (Lipinski definition) is 0. The summed E-state index contributed by atoms with van der Waals surface area (Å²) in [7, 11) is 0. The first-order valence-electron chi connectivity index (χ1n) is 4.36. The molecule has 66 valence electrons. The third kappa shape index (κ3) is 2.08. The van der Waals surface area contributed by atoms with Gasteiger partial charge < -0.3 is 0 Å². The zero-order chi connectivity index (χ0) is 9.28. The average Bonchev–Trinajstić information content (AvgIpc) is 1.83. The molecule has 0 radical (unpaired) electrons. The molecule has 0 heterocycles. The quantitative estimate of drug-likeness (QED) is 0.529. The van der Waals surface area contributed by atoms with Crippen LogP contribution in [0.4, 0.5) is 0 Å². The van der Waals surface area contributed by atoms with Gasteiger partial charge in [0, 0.05) is 0 Å². The molecule has 0 amide bonds. The van der Waals surface area contributed by atoms with Gasteiger partial charge in [-0.05, 0) is 16.7 Å². The molecule has 0 aliphatic heterocycles. The molecule has 0 aromatic rings. The van der Waals surface area contributed by atoms with Crippen molar-refractivity contribution in [2.75, 3.05) is 0 Å². The fourth-order valence-electron chi connectivity index (χ4n) is 0.978. The maximum atomic E-state index is 3.84. The minimum absolute atomic E-state index is 0.328. The van der Waals surface area contributed by atoms with Gasteiger partial charge in [-0.1, -0.05) is 47.6 Å². The Hall–Kier alpha value is -0.260. The van der Waals surface area contributed by atoms with Crippen LogP contribution in [0.15, 0.2) is 12.7 Å². The minimum Gasteiger partial charge on any atom is -0.103 e. The van der Waals surface area contributed by atoms with E-state index in [4.69, 9.17) is 0 Å². The number of rotatable bonds is 2. The van der Waals surface area contributed by atoms with Gasteiger partial charge in [0.25, 0.3) is 0 Å². The first kappa shape index (κ1) is 10.7. The lowest BCUT2D eigenvalue weighted by Gasteiger charge is -2.42. The van der Waals surface area contributed by atoms with E-state index in [1.54, 1.807) is 0 Å². The molecule has 0 N–H and O–H groups in total. The first-order valence-corrected chi connectivity index (χ1v) is 4.36. The van der Waals surface area contributed by atoms with Crippen LogP contribution in [0, 0.1) is 16.7 Å². The predicted octanol–water partition coefficient (Wildman–Crippen LogP) is 3.88. The monoisotopic (exact) mass is 154 g/mol. The first-order chi connectivity index (χ1) is 4.73. The van der Waals surface area contributed by atoms with Gasteiger partial charge in [-0.25, -0.2) is 0 Å². The van der Waals surface area contributed by atoms with Gasteiger partial charge in [0.1, 0.15) is 0 Å². The molecule has 0 spiro atoms. The number of allylic oxidation sites excluding steroid dienone is 1. The maximum Gasteiger partial charge on any atom is -0.0208 e. The van der Waals surface area contributed by atoms with Crippen molar-refractivity contribution < 1.29 is 0 Å². The molecular formula is C11H22. The van der Waals surface area contributed by atoms with Crippen LogP contribution in [0.25, 0.3) is 0 Å². The molecule has 0 aliphatic carbocycles. The zero-order valence-corrected chi connectivity index (χ0v) is 8.86. The van der Waals surface area contributed by atoms with Gasteiger partial charge in [0.2, 0.25) is 0 Å². The van der Waals surface area contributed by atoms with Crippen LogP contribution in [0.3, 0.4) is 0 Å². The summed E-state index contributed by atoms with van der Waals surface area (Å²) in [6.07, 6.45) is 2.05. The second-order valence-corrected chi connectivity index (χ2v) is 5.00. The number of hydrogen-bond acceptors (Lipinski definition) is 0. The summed E-state index contributed by atoms with van der Waals surface area (Å²) in [6, 6.07) is 0. The van der Waals surface area contributed by atoms with Gasteiger partial charge in [-0.3, -0.25) is 0 Å². The lowest BCUT2D eigenvalue weighted by atomic mass is 9.63. The molecule has 0 saturated heterocycles. The molecule has 0 rings (SSSR count). The summed E-state index contributed by atoms with van der Waals surface area (Å²) < 4.78 is 0. The molecule has 11 heavy (non-hydrogen) atoms. The van der Waals surface area contributed by atoms with E-state index < -0.39 is 0 Å². The van der Waals surface area contributed by atoms with E-state index in [9.17, 15) is 0 Å². The van der Waals surface area contributed by atoms with Crippen LogP contribution in [-0.4, -0.2) is 0 Å². The molecule has 0 aliphatic rings. The summed E-state index contributed by atoms with van der Waals surface area (Å²) in [5, 5.41) is 0. The normalized spacial score (nSPS) is 16.2. The van der Waals surface area contributed by atoms with Crippen LogP contribution in [0.1, 0.15) is 41.5 Å². The average molecular weight is 154 g/mol. The Morgan fingerprint density at radius 1 is 1.09 bits per heavy atom. The summed E-state index contributed by atoms with van der Waals surface area (Å²) in [6.45, 7) is 17.5. The largest absolute Gasteiger partial charge is 0.103 e. The second-order valence-electron chi connectivity index (χ2n) is 5.00. The Balaban J connectivity index is 4.58. The van der Waals surface area contributed by atoms with E-state index in [1.807, 2.05) is 6.08 Å². The van der Waals surface area contributed by atoms with Crippen molar-refractivity contribution in [3.05, 3.63) is 12.7 Å². The Morgan fingerprint density at radius 3 is 1.55 bits per heavy atom. The fraction of sp³-hybridized carbons (Fsp3) is 0.818. The predicted molar refractivity (Wildman–Crippen MR) is 52.6 cm³/mol. The highest BCUT2D eigenvalue weighted by Crippen LogP contribution is 2.44. The van der Waals surface area contributed by atoms with E-state index in [-0.39, 0.29) is 0 Å². The van der Waals surface area contributed by atoms with Crippen LogP contribution >= 0.6 is 0 Å². The van der Waals surface area contributed by atoms with Crippen molar-refractivity contribution in [1.29, 1.82) is 0 Å². The third-order valence-corrected chi connectivity index (χ3v) is 3.42. The minimum atomic E-state index is 0.328. The van der Waals surface area contributed by atoms with E-state index in [1.165, 1.54) is 0 Å². The third-order valence-electron chi connectivity index (χ3n) is 3.42. The molecule has 1 atom stereocenters. The molecule has 0 aromatic heterocycles. The van der Waals surface area contributed by atoms with Gasteiger partial charge in [0.15, 0.2) is 0 Å². The maximum absolute atomic E-state index is 3.84. The second kappa shape index (κ2) is 3.00. The van der Waals surface area contributed by atoms with Crippen LogP contribution in [-0.2, 0) is 0 Å². The SMILES string of the molecule is C=CC(C)C(C)(C)C(C)(C)C. The lowest BCUT2D eigenvalue weighted by molar-refractivity contribution is 0.0878. The Bertz CT molecular complexity index is 135. The van der Waals surface area contributed by atoms with Crippen molar-refractivity contribution in [1.82, 2.24) is 0 Å². The fourth-order valence-corrected chi connectivity index (χ4v) is 0.978. The highest BCUT2D eigenvalue weighted by molar-refractivity contribution is 4.93. The van der Waals surface area contributed by atoms with E-state index in [0.717, 1.165) is 0 Å². The Morgan fingerprint density at radius 2 is 1.45 bits per heavy atom. The van der Waals surface area contributed by atoms with Gasteiger partial charge in [-0.15, -0.1) is 6.58 Å². The molecule has 0 bridgehead atoms. The van der Waals surface area contributed by atoms with Gasteiger partial charge in [-0.2, -0.15) is 0 Å². The van der Waals surface area contributed by atoms with Crippen LogP contribution < -0.4 is 0 Å². The molecule has 0 saturated carbocycles. The molecule has 0 heteroatoms. The zero-order valence-electron chi connectivity index (χ0n) is 8.86. The van der Waals surface area contributed by atoms with E-state index in [2.05, 4.69) is 48.1 Å². The summed E-state index contributed by atoms with van der Waals surface area (Å²) >= 11 is 0. The molecular weight excluding hydrogens is 132 g/mol. The van der Waals surface area contributed by atoms with Crippen LogP contribution in [0.2, 0.25) is 0 Å². The highest BCUT2D eigenvalue weighted by atomic mass is 14.4. The van der Waals surface area contributed by atoms with Crippen molar-refractivity contribution in [2.45, 2.75) is 41.5 Å². The molecule has 0 fully saturated rings. The topological polar surface area (TPSA) is 0 Å². The Kier molecular flexibility index (Phi) is 2.93. The highest BCUT2D eigenvalue weighted by Gasteiger charge is 2.35. The Labute approximate surface area is 71.7 Å². The molecule has 0 aromatic carbocycles.